The number of halogens is 3. The number of aliphatic hydroxyl groups is 1. The van der Waals surface area contributed by atoms with Crippen LogP contribution >= 0.6 is 11.6 Å². The fourth-order valence-corrected chi connectivity index (χ4v) is 2.73. The Balaban J connectivity index is 2.23. The van der Waals surface area contributed by atoms with Crippen molar-refractivity contribution in [2.24, 2.45) is 0 Å². The molecule has 134 valence electrons. The lowest BCUT2D eigenvalue weighted by Crippen LogP contribution is -2.53. The molecule has 0 aromatic heterocycles. The number of alkyl carbamates (subject to hydrolysis) is 1. The molecule has 0 fully saturated rings. The lowest BCUT2D eigenvalue weighted by atomic mass is 9.85. The molecule has 5 nitrogen and oxygen atoms in total. The molecule has 1 aliphatic heterocycles. The van der Waals surface area contributed by atoms with Crippen LogP contribution in [0.4, 0.5) is 19.3 Å². The lowest BCUT2D eigenvalue weighted by molar-refractivity contribution is -0.184. The normalized spacial score (nSPS) is 22.0. The van der Waals surface area contributed by atoms with Gasteiger partial charge in [0.1, 0.15) is 0 Å². The van der Waals surface area contributed by atoms with Crippen LogP contribution in [0.1, 0.15) is 31.7 Å². The SMILES string of the molecule is CCCCOC(=O)NCC1(O)c2cc(Cl)ccc2NCCC1(F)F. The van der Waals surface area contributed by atoms with Crippen molar-refractivity contribution in [2.45, 2.75) is 37.7 Å². The number of carbonyl (C=O) groups excluding carboxylic acids is 1. The summed E-state index contributed by atoms with van der Waals surface area (Å²) in [5.74, 6) is -3.45. The Labute approximate surface area is 144 Å². The summed E-state index contributed by atoms with van der Waals surface area (Å²) in [5, 5.41) is 16.1. The van der Waals surface area contributed by atoms with Crippen molar-refractivity contribution in [3.8, 4) is 0 Å². The van der Waals surface area contributed by atoms with Crippen LogP contribution in [0.25, 0.3) is 0 Å². The van der Waals surface area contributed by atoms with Crippen molar-refractivity contribution in [3.63, 3.8) is 0 Å². The van der Waals surface area contributed by atoms with Crippen molar-refractivity contribution in [1.29, 1.82) is 0 Å². The smallest absolute Gasteiger partial charge is 0.407 e. The number of anilines is 1. The van der Waals surface area contributed by atoms with Gasteiger partial charge in [0.25, 0.3) is 5.92 Å². The summed E-state index contributed by atoms with van der Waals surface area (Å²) in [5.41, 5.74) is -2.27. The number of alkyl halides is 2. The van der Waals surface area contributed by atoms with Crippen molar-refractivity contribution >= 4 is 23.4 Å². The molecular formula is C16H21ClF2N2O3. The molecular weight excluding hydrogens is 342 g/mol. The highest BCUT2D eigenvalue weighted by Crippen LogP contribution is 2.45. The highest BCUT2D eigenvalue weighted by molar-refractivity contribution is 6.30. The molecule has 8 heteroatoms. The van der Waals surface area contributed by atoms with Crippen LogP contribution in [-0.4, -0.2) is 36.8 Å². The van der Waals surface area contributed by atoms with Gasteiger partial charge in [-0.3, -0.25) is 0 Å². The molecule has 1 heterocycles. The molecule has 0 bridgehead atoms. The van der Waals surface area contributed by atoms with Crippen molar-refractivity contribution in [2.75, 3.05) is 25.0 Å². The zero-order chi connectivity index (χ0) is 17.8. The van der Waals surface area contributed by atoms with E-state index in [4.69, 9.17) is 16.3 Å². The number of carbonyl (C=O) groups is 1. The average molecular weight is 363 g/mol. The van der Waals surface area contributed by atoms with E-state index in [0.717, 1.165) is 6.42 Å². The third-order valence-corrected chi connectivity index (χ3v) is 4.24. The maximum atomic E-state index is 14.6. The van der Waals surface area contributed by atoms with Gasteiger partial charge in [0, 0.05) is 29.2 Å². The number of benzene rings is 1. The molecule has 1 unspecified atom stereocenters. The minimum Gasteiger partial charge on any atom is -0.450 e. The Morgan fingerprint density at radius 2 is 2.25 bits per heavy atom. The highest BCUT2D eigenvalue weighted by Gasteiger charge is 2.55. The van der Waals surface area contributed by atoms with Crippen LogP contribution in [0, 0.1) is 0 Å². The molecule has 1 atom stereocenters. The largest absolute Gasteiger partial charge is 0.450 e. The van der Waals surface area contributed by atoms with E-state index < -0.39 is 30.6 Å². The van der Waals surface area contributed by atoms with Gasteiger partial charge in [0.15, 0.2) is 5.60 Å². The van der Waals surface area contributed by atoms with E-state index in [9.17, 15) is 18.7 Å². The van der Waals surface area contributed by atoms with Crippen LogP contribution in [0.3, 0.4) is 0 Å². The van der Waals surface area contributed by atoms with Crippen LogP contribution in [0.15, 0.2) is 18.2 Å². The van der Waals surface area contributed by atoms with Crippen LogP contribution in [0.2, 0.25) is 5.02 Å². The standard InChI is InChI=1S/C16H21ClF2N2O3/c1-2-3-8-24-14(22)21-10-15(23)12-9-11(17)4-5-13(12)20-7-6-16(15,18)19/h4-5,9,20,23H,2-3,6-8,10H2,1H3,(H,21,22). The number of rotatable bonds is 5. The zero-order valence-corrected chi connectivity index (χ0v) is 14.1. The van der Waals surface area contributed by atoms with Crippen LogP contribution in [-0.2, 0) is 10.3 Å². The number of unbranched alkanes of at least 4 members (excludes halogenated alkanes) is 1. The summed E-state index contributed by atoms with van der Waals surface area (Å²) < 4.78 is 34.0. The third kappa shape index (κ3) is 3.89. The molecule has 24 heavy (non-hydrogen) atoms. The Hall–Kier alpha value is -1.60. The van der Waals surface area contributed by atoms with Gasteiger partial charge in [-0.15, -0.1) is 0 Å². The van der Waals surface area contributed by atoms with Gasteiger partial charge in [-0.1, -0.05) is 24.9 Å². The monoisotopic (exact) mass is 362 g/mol. The van der Waals surface area contributed by atoms with E-state index in [-0.39, 0.29) is 23.7 Å². The molecule has 1 aromatic rings. The van der Waals surface area contributed by atoms with Gasteiger partial charge in [-0.05, 0) is 24.6 Å². The summed E-state index contributed by atoms with van der Waals surface area (Å²) in [6.07, 6.45) is 0.0965. The van der Waals surface area contributed by atoms with Crippen molar-refractivity contribution < 1.29 is 23.4 Å². The first-order valence-corrected chi connectivity index (χ1v) is 8.22. The van der Waals surface area contributed by atoms with Gasteiger partial charge in [-0.25, -0.2) is 13.6 Å². The topological polar surface area (TPSA) is 70.6 Å². The van der Waals surface area contributed by atoms with Gasteiger partial charge in [0.05, 0.1) is 13.2 Å². The molecule has 1 amide bonds. The predicted octanol–water partition coefficient (Wildman–Crippen LogP) is 3.50. The molecule has 1 aliphatic rings. The molecule has 0 saturated heterocycles. The Bertz CT molecular complexity index is 601. The molecule has 0 saturated carbocycles. The lowest BCUT2D eigenvalue weighted by Gasteiger charge is -2.35. The molecule has 2 rings (SSSR count). The quantitative estimate of drug-likeness (QED) is 0.701. The minimum absolute atomic E-state index is 0.00904. The summed E-state index contributed by atoms with van der Waals surface area (Å²) in [7, 11) is 0. The zero-order valence-electron chi connectivity index (χ0n) is 13.4. The van der Waals surface area contributed by atoms with E-state index in [1.165, 1.54) is 12.1 Å². The van der Waals surface area contributed by atoms with E-state index >= 15 is 0 Å². The van der Waals surface area contributed by atoms with E-state index in [0.29, 0.717) is 12.1 Å². The van der Waals surface area contributed by atoms with Gasteiger partial charge >= 0.3 is 6.09 Å². The molecule has 3 N–H and O–H groups in total. The Morgan fingerprint density at radius 3 is 2.96 bits per heavy atom. The number of nitrogens with one attached hydrogen (secondary N) is 2. The summed E-state index contributed by atoms with van der Waals surface area (Å²) in [4.78, 5) is 11.6. The summed E-state index contributed by atoms with van der Waals surface area (Å²) in [6, 6.07) is 4.36. The van der Waals surface area contributed by atoms with Crippen molar-refractivity contribution in [1.82, 2.24) is 5.32 Å². The molecule has 0 radical (unpaired) electrons. The maximum Gasteiger partial charge on any atom is 0.407 e. The van der Waals surface area contributed by atoms with Gasteiger partial charge in [0.2, 0.25) is 0 Å². The first kappa shape index (κ1) is 18.7. The Morgan fingerprint density at radius 1 is 1.50 bits per heavy atom. The number of ether oxygens (including phenoxy) is 1. The van der Waals surface area contributed by atoms with Crippen molar-refractivity contribution in [3.05, 3.63) is 28.8 Å². The van der Waals surface area contributed by atoms with Gasteiger partial charge < -0.3 is 20.5 Å². The van der Waals surface area contributed by atoms with E-state index in [1.54, 1.807) is 6.07 Å². The van der Waals surface area contributed by atoms with Gasteiger partial charge in [-0.2, -0.15) is 0 Å². The summed E-state index contributed by atoms with van der Waals surface area (Å²) in [6.45, 7) is 1.44. The fraction of sp³-hybridized carbons (Fsp3) is 0.562. The number of hydrogen-bond donors (Lipinski definition) is 3. The van der Waals surface area contributed by atoms with E-state index in [2.05, 4.69) is 10.6 Å². The molecule has 0 spiro atoms. The average Bonchev–Trinajstić information content (AvgIpc) is 2.62. The fourth-order valence-electron chi connectivity index (χ4n) is 2.56. The Kier molecular flexibility index (Phi) is 5.87. The van der Waals surface area contributed by atoms with Crippen LogP contribution in [0.5, 0.6) is 0 Å². The second-order valence-electron chi connectivity index (χ2n) is 5.77. The maximum absolute atomic E-state index is 14.6. The van der Waals surface area contributed by atoms with Crippen LogP contribution < -0.4 is 10.6 Å². The number of fused-ring (bicyclic) bond motifs is 1. The van der Waals surface area contributed by atoms with E-state index in [1.807, 2.05) is 6.92 Å². The third-order valence-electron chi connectivity index (χ3n) is 4.01. The predicted molar refractivity (Wildman–Crippen MR) is 87.7 cm³/mol. The first-order chi connectivity index (χ1) is 11.3. The summed E-state index contributed by atoms with van der Waals surface area (Å²) >= 11 is 5.90. The highest BCUT2D eigenvalue weighted by atomic mass is 35.5. The molecule has 1 aromatic carbocycles. The second-order valence-corrected chi connectivity index (χ2v) is 6.21. The minimum atomic E-state index is -3.45. The number of amides is 1. The second kappa shape index (κ2) is 7.53. The first-order valence-electron chi connectivity index (χ1n) is 7.85. The number of hydrogen-bond acceptors (Lipinski definition) is 4. The molecule has 0 aliphatic carbocycles.